The van der Waals surface area contributed by atoms with Crippen molar-refractivity contribution >= 4 is 35.4 Å². The van der Waals surface area contributed by atoms with Gasteiger partial charge in [0.15, 0.2) is 0 Å². The van der Waals surface area contributed by atoms with Crippen molar-refractivity contribution < 1.29 is 4.39 Å². The van der Waals surface area contributed by atoms with Crippen molar-refractivity contribution in [3.05, 3.63) is 63.6 Å². The van der Waals surface area contributed by atoms with Gasteiger partial charge < -0.3 is 0 Å². The van der Waals surface area contributed by atoms with Crippen molar-refractivity contribution in [2.45, 2.75) is 0 Å². The van der Waals surface area contributed by atoms with E-state index >= 15 is 0 Å². The third kappa shape index (κ3) is 3.29. The maximum atomic E-state index is 13.5. The van der Waals surface area contributed by atoms with Crippen molar-refractivity contribution in [2.24, 2.45) is 0 Å². The minimum Gasteiger partial charge on any atom is -0.237 e. The fraction of sp³-hybridized carbons (Fsp3) is 0. The molecular formula is C13H8Cl2FN. The molecule has 1 heterocycles. The van der Waals surface area contributed by atoms with Gasteiger partial charge in [-0.1, -0.05) is 35.3 Å². The second-order valence-electron chi connectivity index (χ2n) is 3.38. The molecule has 1 aromatic heterocycles. The van der Waals surface area contributed by atoms with Crippen LogP contribution < -0.4 is 0 Å². The molecule has 1 nitrogen and oxygen atoms in total. The average molecular weight is 268 g/mol. The molecule has 0 radical (unpaired) electrons. The first-order valence-electron chi connectivity index (χ1n) is 4.91. The average Bonchev–Trinajstić information content (AvgIpc) is 2.28. The SMILES string of the molecule is Fc1cc(Cl)ccc1/C=C/c1cccc(Cl)n1. The van der Waals surface area contributed by atoms with Gasteiger partial charge in [0.2, 0.25) is 0 Å². The van der Waals surface area contributed by atoms with Crippen LogP contribution in [-0.2, 0) is 0 Å². The number of hydrogen-bond acceptors (Lipinski definition) is 1. The highest BCUT2D eigenvalue weighted by Crippen LogP contribution is 2.17. The summed E-state index contributed by atoms with van der Waals surface area (Å²) in [6.45, 7) is 0. The van der Waals surface area contributed by atoms with E-state index in [1.54, 1.807) is 42.5 Å². The molecule has 0 fully saturated rings. The largest absolute Gasteiger partial charge is 0.237 e. The maximum absolute atomic E-state index is 13.5. The van der Waals surface area contributed by atoms with E-state index in [4.69, 9.17) is 23.2 Å². The van der Waals surface area contributed by atoms with Crippen molar-refractivity contribution in [1.29, 1.82) is 0 Å². The Labute approximate surface area is 109 Å². The monoisotopic (exact) mass is 267 g/mol. The van der Waals surface area contributed by atoms with Gasteiger partial charge in [0, 0.05) is 10.6 Å². The molecule has 0 saturated heterocycles. The fourth-order valence-electron chi connectivity index (χ4n) is 1.33. The first-order valence-corrected chi connectivity index (χ1v) is 5.66. The Bertz CT molecular complexity index is 567. The predicted octanol–water partition coefficient (Wildman–Crippen LogP) is 4.70. The van der Waals surface area contributed by atoms with Gasteiger partial charge in [-0.15, -0.1) is 0 Å². The summed E-state index contributed by atoms with van der Waals surface area (Å²) in [4.78, 5) is 4.07. The Balaban J connectivity index is 2.26. The van der Waals surface area contributed by atoms with E-state index in [9.17, 15) is 4.39 Å². The second kappa shape index (κ2) is 5.30. The Morgan fingerprint density at radius 3 is 2.59 bits per heavy atom. The maximum Gasteiger partial charge on any atom is 0.131 e. The summed E-state index contributed by atoms with van der Waals surface area (Å²) in [7, 11) is 0. The lowest BCUT2D eigenvalue weighted by molar-refractivity contribution is 0.625. The highest BCUT2D eigenvalue weighted by atomic mass is 35.5. The molecule has 4 heteroatoms. The normalized spacial score (nSPS) is 11.0. The van der Waals surface area contributed by atoms with Crippen molar-refractivity contribution in [3.8, 4) is 0 Å². The van der Waals surface area contributed by atoms with Crippen LogP contribution in [0.2, 0.25) is 10.2 Å². The van der Waals surface area contributed by atoms with Crippen LogP contribution in [0.1, 0.15) is 11.3 Å². The third-order valence-electron chi connectivity index (χ3n) is 2.13. The Morgan fingerprint density at radius 1 is 1.06 bits per heavy atom. The molecule has 0 atom stereocenters. The number of halogens is 3. The Morgan fingerprint density at radius 2 is 1.88 bits per heavy atom. The lowest BCUT2D eigenvalue weighted by atomic mass is 10.2. The Kier molecular flexibility index (Phi) is 3.77. The third-order valence-corrected chi connectivity index (χ3v) is 2.58. The summed E-state index contributed by atoms with van der Waals surface area (Å²) in [6.07, 6.45) is 3.32. The van der Waals surface area contributed by atoms with Crippen LogP contribution in [0.4, 0.5) is 4.39 Å². The van der Waals surface area contributed by atoms with Crippen LogP contribution in [-0.4, -0.2) is 4.98 Å². The standard InChI is InChI=1S/C13H8Cl2FN/c14-10-6-4-9(12(16)8-10)5-7-11-2-1-3-13(15)17-11/h1-8H/b7-5+. The van der Waals surface area contributed by atoms with E-state index in [0.29, 0.717) is 21.4 Å². The summed E-state index contributed by atoms with van der Waals surface area (Å²) < 4.78 is 13.5. The minimum atomic E-state index is -0.365. The second-order valence-corrected chi connectivity index (χ2v) is 4.21. The van der Waals surface area contributed by atoms with E-state index in [2.05, 4.69) is 4.98 Å². The molecule has 0 aliphatic heterocycles. The molecule has 0 aliphatic carbocycles. The zero-order valence-electron chi connectivity index (χ0n) is 8.70. The van der Waals surface area contributed by atoms with Crippen LogP contribution in [0.5, 0.6) is 0 Å². The van der Waals surface area contributed by atoms with E-state index < -0.39 is 0 Å². The molecule has 0 bridgehead atoms. The zero-order valence-corrected chi connectivity index (χ0v) is 10.2. The molecule has 0 spiro atoms. The fourth-order valence-corrected chi connectivity index (χ4v) is 1.66. The number of aromatic nitrogens is 1. The molecule has 0 unspecified atom stereocenters. The first-order chi connectivity index (χ1) is 8.15. The topological polar surface area (TPSA) is 12.9 Å². The summed E-state index contributed by atoms with van der Waals surface area (Å²) in [6, 6.07) is 9.77. The lowest BCUT2D eigenvalue weighted by Gasteiger charge is -1.97. The molecule has 2 aromatic rings. The van der Waals surface area contributed by atoms with Crippen LogP contribution in [0.3, 0.4) is 0 Å². The van der Waals surface area contributed by atoms with Crippen molar-refractivity contribution in [3.63, 3.8) is 0 Å². The first kappa shape index (κ1) is 12.1. The molecular weight excluding hydrogens is 260 g/mol. The van der Waals surface area contributed by atoms with E-state index in [1.165, 1.54) is 6.07 Å². The molecule has 0 aliphatic rings. The predicted molar refractivity (Wildman–Crippen MR) is 69.6 cm³/mol. The number of hydrogen-bond donors (Lipinski definition) is 0. The summed E-state index contributed by atoms with van der Waals surface area (Å²) in [5.41, 5.74) is 1.13. The van der Waals surface area contributed by atoms with Gasteiger partial charge in [-0.2, -0.15) is 0 Å². The summed E-state index contributed by atoms with van der Waals surface area (Å²) in [5, 5.41) is 0.782. The van der Waals surface area contributed by atoms with Gasteiger partial charge in [0.1, 0.15) is 11.0 Å². The van der Waals surface area contributed by atoms with E-state index in [1.807, 2.05) is 0 Å². The molecule has 0 saturated carbocycles. The quantitative estimate of drug-likeness (QED) is 0.719. The van der Waals surface area contributed by atoms with Gasteiger partial charge in [-0.25, -0.2) is 9.37 Å². The van der Waals surface area contributed by atoms with Gasteiger partial charge in [-0.3, -0.25) is 0 Å². The van der Waals surface area contributed by atoms with Gasteiger partial charge >= 0.3 is 0 Å². The molecule has 2 rings (SSSR count). The van der Waals surface area contributed by atoms with Gasteiger partial charge in [-0.05, 0) is 36.4 Å². The lowest BCUT2D eigenvalue weighted by Crippen LogP contribution is -1.83. The molecule has 17 heavy (non-hydrogen) atoms. The van der Waals surface area contributed by atoms with Gasteiger partial charge in [0.05, 0.1) is 5.69 Å². The van der Waals surface area contributed by atoms with E-state index in [0.717, 1.165) is 0 Å². The van der Waals surface area contributed by atoms with Crippen molar-refractivity contribution in [2.75, 3.05) is 0 Å². The van der Waals surface area contributed by atoms with Gasteiger partial charge in [0.25, 0.3) is 0 Å². The van der Waals surface area contributed by atoms with Crippen LogP contribution in [0.25, 0.3) is 12.2 Å². The molecule has 0 N–H and O–H groups in total. The number of pyridine rings is 1. The van der Waals surface area contributed by atoms with E-state index in [-0.39, 0.29) is 5.82 Å². The summed E-state index contributed by atoms with van der Waals surface area (Å²) in [5.74, 6) is -0.365. The molecule has 1 aromatic carbocycles. The zero-order chi connectivity index (χ0) is 12.3. The molecule has 86 valence electrons. The smallest absolute Gasteiger partial charge is 0.131 e. The van der Waals surface area contributed by atoms with Crippen LogP contribution in [0.15, 0.2) is 36.4 Å². The van der Waals surface area contributed by atoms with Crippen molar-refractivity contribution in [1.82, 2.24) is 4.98 Å². The highest BCUT2D eigenvalue weighted by Gasteiger charge is 1.99. The Hall–Kier alpha value is -1.38. The minimum absolute atomic E-state index is 0.365. The van der Waals surface area contributed by atoms with Crippen LogP contribution >= 0.6 is 23.2 Å². The summed E-state index contributed by atoms with van der Waals surface area (Å²) >= 11 is 11.4. The number of benzene rings is 1. The highest BCUT2D eigenvalue weighted by molar-refractivity contribution is 6.30. The number of rotatable bonds is 2. The van der Waals surface area contributed by atoms with Crippen LogP contribution in [0, 0.1) is 5.82 Å². The number of nitrogens with zero attached hydrogens (tertiary/aromatic N) is 1. The molecule has 0 amide bonds.